The maximum atomic E-state index is 13.2. The summed E-state index contributed by atoms with van der Waals surface area (Å²) in [6.07, 6.45) is 2.24. The number of nitrogens with zero attached hydrogens (tertiary/aromatic N) is 1. The fourth-order valence-electron chi connectivity index (χ4n) is 3.28. The number of ether oxygens (including phenoxy) is 1. The van der Waals surface area contributed by atoms with Gasteiger partial charge in [-0.05, 0) is 62.9 Å². The van der Waals surface area contributed by atoms with Crippen molar-refractivity contribution >= 4 is 23.6 Å². The molecule has 0 aromatic heterocycles. The molecular weight excluding hydrogens is 373 g/mol. The smallest absolute Gasteiger partial charge is 0.407 e. The number of likely N-dealkylation sites (N-methyl/N-ethyl adjacent to an activating group) is 1. The van der Waals surface area contributed by atoms with Crippen molar-refractivity contribution in [1.82, 2.24) is 15.5 Å². The Hall–Kier alpha value is -1.86. The molecule has 2 amide bonds. The molecule has 8 heteroatoms. The van der Waals surface area contributed by atoms with Gasteiger partial charge in [-0.25, -0.2) is 9.18 Å². The van der Waals surface area contributed by atoms with Crippen LogP contribution in [0.3, 0.4) is 0 Å². The molecule has 1 aliphatic rings. The van der Waals surface area contributed by atoms with Crippen LogP contribution in [0.5, 0.6) is 0 Å². The zero-order chi connectivity index (χ0) is 19.8. The van der Waals surface area contributed by atoms with E-state index in [4.69, 9.17) is 16.3 Å². The molecule has 150 valence electrons. The van der Waals surface area contributed by atoms with Crippen molar-refractivity contribution in [3.8, 4) is 0 Å². The van der Waals surface area contributed by atoms with E-state index in [-0.39, 0.29) is 24.3 Å². The quantitative estimate of drug-likeness (QED) is 0.739. The Kier molecular flexibility index (Phi) is 8.31. The van der Waals surface area contributed by atoms with Gasteiger partial charge >= 0.3 is 6.09 Å². The first-order chi connectivity index (χ1) is 12.9. The SMILES string of the molecule is CNC(=O)CNC(=O)OCCC1CCN(C(C)c2ccc(F)cc2Cl)CC1. The maximum Gasteiger partial charge on any atom is 0.407 e. The fraction of sp³-hybridized carbons (Fsp3) is 0.579. The third-order valence-electron chi connectivity index (χ3n) is 5.04. The highest BCUT2D eigenvalue weighted by atomic mass is 35.5. The van der Waals surface area contributed by atoms with E-state index in [0.29, 0.717) is 17.5 Å². The lowest BCUT2D eigenvalue weighted by Gasteiger charge is -2.36. The summed E-state index contributed by atoms with van der Waals surface area (Å²) in [5.74, 6) is -0.104. The minimum Gasteiger partial charge on any atom is -0.450 e. The molecule has 2 N–H and O–H groups in total. The van der Waals surface area contributed by atoms with E-state index in [1.807, 2.05) is 0 Å². The lowest BCUT2D eigenvalue weighted by Crippen LogP contribution is -2.37. The predicted octanol–water partition coefficient (Wildman–Crippen LogP) is 3.11. The van der Waals surface area contributed by atoms with Crippen LogP contribution in [0.4, 0.5) is 9.18 Å². The fourth-order valence-corrected chi connectivity index (χ4v) is 3.60. The number of carbonyl (C=O) groups is 2. The van der Waals surface area contributed by atoms with Crippen molar-refractivity contribution in [2.45, 2.75) is 32.2 Å². The molecule has 0 bridgehead atoms. The molecule has 0 saturated carbocycles. The minimum absolute atomic E-state index is 0.0858. The van der Waals surface area contributed by atoms with E-state index in [1.165, 1.54) is 19.2 Å². The number of benzene rings is 1. The topological polar surface area (TPSA) is 70.7 Å². The lowest BCUT2D eigenvalue weighted by atomic mass is 9.92. The van der Waals surface area contributed by atoms with Crippen molar-refractivity contribution < 1.29 is 18.7 Å². The van der Waals surface area contributed by atoms with Gasteiger partial charge in [0.25, 0.3) is 0 Å². The summed E-state index contributed by atoms with van der Waals surface area (Å²) >= 11 is 6.18. The standard InChI is InChI=1S/C19H27ClFN3O3/c1-13(16-4-3-15(21)11-17(16)20)24-8-5-14(6-9-24)7-10-27-19(26)23-12-18(25)22-2/h3-4,11,13-14H,5-10,12H2,1-2H3,(H,22,25)(H,23,26). The van der Waals surface area contributed by atoms with Gasteiger partial charge in [0.1, 0.15) is 5.82 Å². The summed E-state index contributed by atoms with van der Waals surface area (Å²) in [7, 11) is 1.51. The first-order valence-electron chi connectivity index (χ1n) is 9.21. The van der Waals surface area contributed by atoms with Gasteiger partial charge in [-0.2, -0.15) is 0 Å². The molecule has 0 radical (unpaired) electrons. The number of likely N-dealkylation sites (tertiary alicyclic amines) is 1. The molecule has 1 aromatic carbocycles. The van der Waals surface area contributed by atoms with Gasteiger partial charge < -0.3 is 15.4 Å². The van der Waals surface area contributed by atoms with Crippen LogP contribution >= 0.6 is 11.6 Å². The molecule has 1 atom stereocenters. The van der Waals surface area contributed by atoms with Crippen LogP contribution in [0.25, 0.3) is 0 Å². The molecular formula is C19H27ClFN3O3. The van der Waals surface area contributed by atoms with Gasteiger partial charge in [0, 0.05) is 18.1 Å². The van der Waals surface area contributed by atoms with E-state index < -0.39 is 6.09 Å². The molecule has 1 unspecified atom stereocenters. The first-order valence-corrected chi connectivity index (χ1v) is 9.58. The van der Waals surface area contributed by atoms with Crippen molar-refractivity contribution in [3.63, 3.8) is 0 Å². The Bertz CT molecular complexity index is 651. The Balaban J connectivity index is 1.69. The molecule has 1 aliphatic heterocycles. The number of hydrogen-bond donors (Lipinski definition) is 2. The zero-order valence-corrected chi connectivity index (χ0v) is 16.5. The second kappa shape index (κ2) is 10.5. The highest BCUT2D eigenvalue weighted by Gasteiger charge is 2.25. The second-order valence-corrected chi connectivity index (χ2v) is 7.18. The second-order valence-electron chi connectivity index (χ2n) is 6.77. The van der Waals surface area contributed by atoms with Crippen LogP contribution in [0.2, 0.25) is 5.02 Å². The van der Waals surface area contributed by atoms with E-state index >= 15 is 0 Å². The summed E-state index contributed by atoms with van der Waals surface area (Å²) in [6.45, 7) is 4.17. The number of nitrogens with one attached hydrogen (secondary N) is 2. The largest absolute Gasteiger partial charge is 0.450 e. The van der Waals surface area contributed by atoms with Gasteiger partial charge in [0.05, 0.1) is 13.2 Å². The van der Waals surface area contributed by atoms with Crippen molar-refractivity contribution in [2.24, 2.45) is 5.92 Å². The maximum absolute atomic E-state index is 13.2. The number of amides is 2. The van der Waals surface area contributed by atoms with Gasteiger partial charge in [-0.1, -0.05) is 17.7 Å². The minimum atomic E-state index is -0.574. The summed E-state index contributed by atoms with van der Waals surface area (Å²) in [6, 6.07) is 4.68. The Labute approximate surface area is 164 Å². The third-order valence-corrected chi connectivity index (χ3v) is 5.37. The van der Waals surface area contributed by atoms with Crippen LogP contribution in [0.1, 0.15) is 37.8 Å². The molecule has 2 rings (SSSR count). The van der Waals surface area contributed by atoms with Gasteiger partial charge in [0.2, 0.25) is 5.91 Å². The lowest BCUT2D eigenvalue weighted by molar-refractivity contribution is -0.119. The highest BCUT2D eigenvalue weighted by Crippen LogP contribution is 2.31. The monoisotopic (exact) mass is 399 g/mol. The average molecular weight is 400 g/mol. The molecule has 27 heavy (non-hydrogen) atoms. The summed E-state index contributed by atoms with van der Waals surface area (Å²) < 4.78 is 18.3. The van der Waals surface area contributed by atoms with Crippen LogP contribution < -0.4 is 10.6 Å². The summed E-state index contributed by atoms with van der Waals surface area (Å²) in [4.78, 5) is 24.9. The number of hydrogen-bond acceptors (Lipinski definition) is 4. The Morgan fingerprint density at radius 1 is 1.37 bits per heavy atom. The van der Waals surface area contributed by atoms with E-state index in [1.54, 1.807) is 6.07 Å². The van der Waals surface area contributed by atoms with Gasteiger partial charge in [0.15, 0.2) is 0 Å². The van der Waals surface area contributed by atoms with Crippen LogP contribution in [-0.4, -0.2) is 50.2 Å². The van der Waals surface area contributed by atoms with Crippen molar-refractivity contribution in [3.05, 3.63) is 34.6 Å². The Morgan fingerprint density at radius 2 is 2.07 bits per heavy atom. The first kappa shape index (κ1) is 21.4. The van der Waals surface area contributed by atoms with Gasteiger partial charge in [-0.15, -0.1) is 0 Å². The molecule has 1 fully saturated rings. The summed E-state index contributed by atoms with van der Waals surface area (Å²) in [5.41, 5.74) is 0.938. The van der Waals surface area contributed by atoms with E-state index in [2.05, 4.69) is 22.5 Å². The summed E-state index contributed by atoms with van der Waals surface area (Å²) in [5, 5.41) is 5.28. The molecule has 6 nitrogen and oxygen atoms in total. The van der Waals surface area contributed by atoms with E-state index in [0.717, 1.165) is 37.9 Å². The number of piperidine rings is 1. The van der Waals surface area contributed by atoms with Crippen molar-refractivity contribution in [2.75, 3.05) is 33.3 Å². The number of alkyl carbamates (subject to hydrolysis) is 1. The average Bonchev–Trinajstić information content (AvgIpc) is 2.66. The predicted molar refractivity (Wildman–Crippen MR) is 102 cm³/mol. The van der Waals surface area contributed by atoms with Crippen LogP contribution in [0.15, 0.2) is 18.2 Å². The molecule has 1 heterocycles. The zero-order valence-electron chi connectivity index (χ0n) is 15.8. The molecule has 0 spiro atoms. The molecule has 1 saturated heterocycles. The molecule has 1 aromatic rings. The third kappa shape index (κ3) is 6.66. The Morgan fingerprint density at radius 3 is 2.70 bits per heavy atom. The number of rotatable bonds is 7. The van der Waals surface area contributed by atoms with Crippen LogP contribution in [-0.2, 0) is 9.53 Å². The van der Waals surface area contributed by atoms with Gasteiger partial charge in [-0.3, -0.25) is 9.69 Å². The van der Waals surface area contributed by atoms with E-state index in [9.17, 15) is 14.0 Å². The highest BCUT2D eigenvalue weighted by molar-refractivity contribution is 6.31. The van der Waals surface area contributed by atoms with Crippen LogP contribution in [0, 0.1) is 11.7 Å². The normalized spacial score (nSPS) is 16.6. The number of halogens is 2. The molecule has 0 aliphatic carbocycles. The number of carbonyl (C=O) groups excluding carboxylic acids is 2. The van der Waals surface area contributed by atoms with Crippen molar-refractivity contribution in [1.29, 1.82) is 0 Å².